The molecule has 2 aromatic rings. The van der Waals surface area contributed by atoms with Gasteiger partial charge in [0.2, 0.25) is 0 Å². The third kappa shape index (κ3) is 11.7. The topological polar surface area (TPSA) is 102 Å². The van der Waals surface area contributed by atoms with Crippen molar-refractivity contribution in [2.45, 2.75) is 110 Å². The van der Waals surface area contributed by atoms with Gasteiger partial charge < -0.3 is 24.4 Å². The first kappa shape index (κ1) is 34.0. The molecule has 0 aliphatic rings. The van der Waals surface area contributed by atoms with Crippen LogP contribution in [-0.4, -0.2) is 36.4 Å². The number of carbonyl (C=O) groups is 2. The third-order valence-corrected chi connectivity index (χ3v) is 7.73. The van der Waals surface area contributed by atoms with Crippen LogP contribution in [0.15, 0.2) is 36.4 Å². The van der Waals surface area contributed by atoms with E-state index in [2.05, 4.69) is 13.8 Å². The minimum atomic E-state index is -0.900. The van der Waals surface area contributed by atoms with Gasteiger partial charge in [0, 0.05) is 5.56 Å². The summed E-state index contributed by atoms with van der Waals surface area (Å²) in [7, 11) is 3.21. The maximum Gasteiger partial charge on any atom is 0.311 e. The van der Waals surface area contributed by atoms with Crippen molar-refractivity contribution < 1.29 is 34.0 Å². The highest BCUT2D eigenvalue weighted by molar-refractivity contribution is 5.77. The molecule has 0 radical (unpaired) electrons. The van der Waals surface area contributed by atoms with Crippen LogP contribution in [0.25, 0.3) is 0 Å². The van der Waals surface area contributed by atoms with Gasteiger partial charge >= 0.3 is 11.9 Å². The second kappa shape index (κ2) is 19.0. The van der Waals surface area contributed by atoms with Gasteiger partial charge in [-0.1, -0.05) is 71.6 Å². The second-order valence-electron chi connectivity index (χ2n) is 10.8. The lowest BCUT2D eigenvalue weighted by Gasteiger charge is -2.20. The van der Waals surface area contributed by atoms with Crippen LogP contribution in [0.1, 0.15) is 114 Å². The number of unbranched alkanes of at least 4 members (excludes halogenated alkanes) is 7. The Kier molecular flexibility index (Phi) is 15.7. The first-order chi connectivity index (χ1) is 19.8. The normalized spacial score (nSPS) is 12.5. The Morgan fingerprint density at radius 3 is 1.83 bits per heavy atom. The molecule has 228 valence electrons. The van der Waals surface area contributed by atoms with Crippen molar-refractivity contribution in [2.75, 3.05) is 14.2 Å². The van der Waals surface area contributed by atoms with Crippen LogP contribution < -0.4 is 14.2 Å². The monoisotopic (exact) mass is 570 g/mol. The molecule has 0 aliphatic carbocycles. The van der Waals surface area contributed by atoms with Crippen molar-refractivity contribution >= 4 is 11.9 Å². The lowest BCUT2D eigenvalue weighted by atomic mass is 9.91. The highest BCUT2D eigenvalue weighted by Crippen LogP contribution is 2.38. The summed E-state index contributed by atoms with van der Waals surface area (Å²) in [5.41, 5.74) is 1.62. The molecule has 0 saturated carbocycles. The molecule has 0 aromatic heterocycles. The molecule has 2 unspecified atom stereocenters. The highest BCUT2D eigenvalue weighted by atomic mass is 16.5. The Balaban J connectivity index is 2.11. The minimum absolute atomic E-state index is 0.283. The Morgan fingerprint density at radius 2 is 1.24 bits per heavy atom. The molecule has 2 N–H and O–H groups in total. The number of methoxy groups -OCH3 is 2. The standard InChI is InChI=1S/C34H50O7/c1-5-7-11-15-25(33(35)36)16-13-9-10-14-18-29(34(37)38)30-24-28(40-4)20-22-32(30)41-31-21-19-27(39-3)23-26(31)17-12-8-6-2/h19-25,29H,5-18H2,1-4H3,(H,35,36)(H,37,38). The molecule has 0 spiro atoms. The summed E-state index contributed by atoms with van der Waals surface area (Å²) in [4.78, 5) is 24.0. The number of benzene rings is 2. The van der Waals surface area contributed by atoms with Crippen LogP contribution in [0.2, 0.25) is 0 Å². The molecule has 0 fully saturated rings. The number of ether oxygens (including phenoxy) is 3. The van der Waals surface area contributed by atoms with Crippen molar-refractivity contribution in [3.8, 4) is 23.0 Å². The highest BCUT2D eigenvalue weighted by Gasteiger charge is 2.25. The molecule has 0 aliphatic heterocycles. The molecular formula is C34H50O7. The van der Waals surface area contributed by atoms with E-state index in [0.717, 1.165) is 88.4 Å². The zero-order valence-electron chi connectivity index (χ0n) is 25.5. The smallest absolute Gasteiger partial charge is 0.311 e. The van der Waals surface area contributed by atoms with Gasteiger partial charge in [-0.05, 0) is 74.1 Å². The van der Waals surface area contributed by atoms with Gasteiger partial charge in [0.1, 0.15) is 23.0 Å². The second-order valence-corrected chi connectivity index (χ2v) is 10.8. The molecule has 0 heterocycles. The zero-order chi connectivity index (χ0) is 30.0. The van der Waals surface area contributed by atoms with E-state index in [1.165, 1.54) is 0 Å². The first-order valence-corrected chi connectivity index (χ1v) is 15.3. The molecule has 41 heavy (non-hydrogen) atoms. The van der Waals surface area contributed by atoms with Crippen LogP contribution in [0.5, 0.6) is 23.0 Å². The van der Waals surface area contributed by atoms with E-state index in [-0.39, 0.29) is 5.92 Å². The van der Waals surface area contributed by atoms with Gasteiger partial charge in [0.25, 0.3) is 0 Å². The number of hydrogen-bond donors (Lipinski definition) is 2. The van der Waals surface area contributed by atoms with Gasteiger partial charge in [0.05, 0.1) is 26.1 Å². The summed E-state index contributed by atoms with van der Waals surface area (Å²) < 4.78 is 17.3. The number of carboxylic acids is 2. The van der Waals surface area contributed by atoms with Crippen molar-refractivity contribution in [3.05, 3.63) is 47.5 Å². The first-order valence-electron chi connectivity index (χ1n) is 15.3. The lowest BCUT2D eigenvalue weighted by Crippen LogP contribution is -2.14. The molecule has 7 nitrogen and oxygen atoms in total. The fourth-order valence-electron chi connectivity index (χ4n) is 5.22. The number of carboxylic acid groups (broad SMARTS) is 2. The van der Waals surface area contributed by atoms with Gasteiger partial charge in [-0.15, -0.1) is 0 Å². The quantitative estimate of drug-likeness (QED) is 0.136. The molecule has 0 saturated heterocycles. The van der Waals surface area contributed by atoms with E-state index in [4.69, 9.17) is 14.2 Å². The fraction of sp³-hybridized carbons (Fsp3) is 0.588. The van der Waals surface area contributed by atoms with E-state index in [1.54, 1.807) is 32.4 Å². The van der Waals surface area contributed by atoms with Crippen LogP contribution in [0.4, 0.5) is 0 Å². The Bertz CT molecular complexity index is 1070. The van der Waals surface area contributed by atoms with Crippen molar-refractivity contribution in [1.82, 2.24) is 0 Å². The minimum Gasteiger partial charge on any atom is -0.497 e. The zero-order valence-corrected chi connectivity index (χ0v) is 25.5. The van der Waals surface area contributed by atoms with E-state index in [9.17, 15) is 19.8 Å². The van der Waals surface area contributed by atoms with E-state index < -0.39 is 17.9 Å². The van der Waals surface area contributed by atoms with Crippen molar-refractivity contribution in [1.29, 1.82) is 0 Å². The molecule has 2 rings (SSSR count). The Morgan fingerprint density at radius 1 is 0.683 bits per heavy atom. The number of rotatable bonds is 22. The maximum absolute atomic E-state index is 12.5. The summed E-state index contributed by atoms with van der Waals surface area (Å²) in [6.45, 7) is 4.28. The molecule has 2 atom stereocenters. The predicted octanol–water partition coefficient (Wildman–Crippen LogP) is 9.02. The van der Waals surface area contributed by atoms with Gasteiger partial charge in [-0.3, -0.25) is 9.59 Å². The third-order valence-electron chi connectivity index (χ3n) is 7.73. The summed E-state index contributed by atoms with van der Waals surface area (Å²) >= 11 is 0. The summed E-state index contributed by atoms with van der Waals surface area (Å²) in [6.07, 6.45) is 12.4. The van der Waals surface area contributed by atoms with Crippen LogP contribution >= 0.6 is 0 Å². The van der Waals surface area contributed by atoms with Gasteiger partial charge in [-0.2, -0.15) is 0 Å². The average molecular weight is 571 g/mol. The molecule has 2 aromatic carbocycles. The predicted molar refractivity (Wildman–Crippen MR) is 163 cm³/mol. The van der Waals surface area contributed by atoms with E-state index in [0.29, 0.717) is 35.7 Å². The number of hydrogen-bond acceptors (Lipinski definition) is 5. The van der Waals surface area contributed by atoms with Crippen LogP contribution in [0, 0.1) is 5.92 Å². The fourth-order valence-corrected chi connectivity index (χ4v) is 5.22. The van der Waals surface area contributed by atoms with Gasteiger partial charge in [-0.25, -0.2) is 0 Å². The summed E-state index contributed by atoms with van der Waals surface area (Å²) in [6, 6.07) is 11.1. The van der Waals surface area contributed by atoms with Crippen LogP contribution in [0.3, 0.4) is 0 Å². The number of aryl methyl sites for hydroxylation is 1. The van der Waals surface area contributed by atoms with Crippen molar-refractivity contribution in [3.63, 3.8) is 0 Å². The van der Waals surface area contributed by atoms with Crippen molar-refractivity contribution in [2.24, 2.45) is 5.92 Å². The van der Waals surface area contributed by atoms with Gasteiger partial charge in [0.15, 0.2) is 0 Å². The largest absolute Gasteiger partial charge is 0.497 e. The van der Waals surface area contributed by atoms with E-state index in [1.807, 2.05) is 18.2 Å². The number of aliphatic carboxylic acids is 2. The lowest BCUT2D eigenvalue weighted by molar-refractivity contribution is -0.142. The average Bonchev–Trinajstić information content (AvgIpc) is 2.96. The Labute approximate surface area is 246 Å². The summed E-state index contributed by atoms with van der Waals surface area (Å²) in [5.74, 6) is -0.0822. The molecule has 7 heteroatoms. The Hall–Kier alpha value is -3.22. The van der Waals surface area contributed by atoms with E-state index >= 15 is 0 Å². The molecule has 0 amide bonds. The SMILES string of the molecule is CCCCCc1cc(OC)ccc1Oc1ccc(OC)cc1C(CCCCCCC(CCCCC)C(=O)O)C(=O)O. The molecule has 0 bridgehead atoms. The summed E-state index contributed by atoms with van der Waals surface area (Å²) in [5, 5.41) is 19.7. The van der Waals surface area contributed by atoms with Crippen LogP contribution in [-0.2, 0) is 16.0 Å². The maximum atomic E-state index is 12.5. The molecular weight excluding hydrogens is 520 g/mol.